The average molecular weight is 804 g/mol. The lowest BCUT2D eigenvalue weighted by molar-refractivity contribution is 0.807. The highest BCUT2D eigenvalue weighted by molar-refractivity contribution is 5.76. The molecule has 0 fully saturated rings. The number of anilines is 7. The Balaban J connectivity index is 0.000000227. The number of aromatic nitrogens is 7. The van der Waals surface area contributed by atoms with Gasteiger partial charge in [0.2, 0.25) is 11.9 Å². The molecule has 15 heteroatoms. The summed E-state index contributed by atoms with van der Waals surface area (Å²) < 4.78 is 1.70. The first kappa shape index (κ1) is 43.2. The van der Waals surface area contributed by atoms with E-state index in [1.165, 1.54) is 6.20 Å². The van der Waals surface area contributed by atoms with Gasteiger partial charge in [-0.1, -0.05) is 30.8 Å². The smallest absolute Gasteiger partial charge is 0.229 e. The van der Waals surface area contributed by atoms with Gasteiger partial charge in [0.1, 0.15) is 0 Å². The summed E-state index contributed by atoms with van der Waals surface area (Å²) in [5.41, 5.74) is 18.7. The molecule has 0 radical (unpaired) electrons. The third-order valence-corrected chi connectivity index (χ3v) is 8.97. The molecule has 0 spiro atoms. The van der Waals surface area contributed by atoms with E-state index in [1.807, 2.05) is 58.0 Å². The van der Waals surface area contributed by atoms with Gasteiger partial charge in [0.15, 0.2) is 23.2 Å². The van der Waals surface area contributed by atoms with Crippen molar-refractivity contribution in [2.75, 3.05) is 21.7 Å². The number of hydrogen-bond donors (Lipinski definition) is 4. The van der Waals surface area contributed by atoms with Crippen LogP contribution in [0.2, 0.25) is 0 Å². The van der Waals surface area contributed by atoms with Crippen molar-refractivity contribution in [1.29, 1.82) is 15.8 Å². The van der Waals surface area contributed by atoms with Gasteiger partial charge < -0.3 is 21.7 Å². The first-order chi connectivity index (χ1) is 29.0. The van der Waals surface area contributed by atoms with Crippen molar-refractivity contribution in [3.63, 3.8) is 0 Å². The van der Waals surface area contributed by atoms with Crippen LogP contribution in [-0.2, 0) is 0 Å². The number of fused-ring (bicyclic) bond motifs is 1. The quantitative estimate of drug-likeness (QED) is 0.0789. The average Bonchev–Trinajstić information content (AvgIpc) is 3.65. The Bertz CT molecular complexity index is 2910. The van der Waals surface area contributed by atoms with Crippen LogP contribution in [-0.4, -0.2) is 34.9 Å². The molecule has 0 aliphatic heterocycles. The predicted octanol–water partition coefficient (Wildman–Crippen LogP) is 9.93. The summed E-state index contributed by atoms with van der Waals surface area (Å²) in [5, 5.41) is 44.9. The SMILES string of the molecule is C.C/C(C#N)=C\c1cc(C)c(Nc2nc(Nc3ccc(C#N)cc3)ncc2N)c(C)c1.[C-]#[N+]/C=C/c1cc(C)c(-n2nnc3cnc(Nc4ccc(C#N)cc4)nc32)c(C)c1. The fraction of sp³-hybridized carbons (Fsp3) is 0.130. The van der Waals surface area contributed by atoms with Crippen LogP contribution in [0.1, 0.15) is 58.9 Å². The number of aryl methyl sites for hydroxylation is 4. The minimum absolute atomic E-state index is 0. The molecule has 0 atom stereocenters. The molecule has 300 valence electrons. The minimum Gasteiger partial charge on any atom is -0.394 e. The molecular weight excluding hydrogens is 763 g/mol. The zero-order valence-electron chi connectivity index (χ0n) is 33.3. The lowest BCUT2D eigenvalue weighted by Crippen LogP contribution is -2.06. The van der Waals surface area contributed by atoms with Crippen LogP contribution in [0.15, 0.2) is 97.0 Å². The third kappa shape index (κ3) is 10.5. The van der Waals surface area contributed by atoms with Crippen LogP contribution in [0.5, 0.6) is 0 Å². The summed E-state index contributed by atoms with van der Waals surface area (Å²) in [6.45, 7) is 16.6. The topological polar surface area (TPSA) is 220 Å². The molecule has 0 saturated carbocycles. The van der Waals surface area contributed by atoms with Gasteiger partial charge in [-0.3, -0.25) is 0 Å². The van der Waals surface area contributed by atoms with E-state index >= 15 is 0 Å². The highest BCUT2D eigenvalue weighted by Gasteiger charge is 2.15. The zero-order valence-corrected chi connectivity index (χ0v) is 33.3. The van der Waals surface area contributed by atoms with Crippen LogP contribution in [0.3, 0.4) is 0 Å². The van der Waals surface area contributed by atoms with E-state index < -0.39 is 0 Å². The molecule has 5 N–H and O–H groups in total. The Morgan fingerprint density at radius 3 is 1.84 bits per heavy atom. The predicted molar refractivity (Wildman–Crippen MR) is 240 cm³/mol. The van der Waals surface area contributed by atoms with Crippen LogP contribution in [0.25, 0.3) is 33.8 Å². The van der Waals surface area contributed by atoms with Crippen LogP contribution >= 0.6 is 0 Å². The maximum Gasteiger partial charge on any atom is 0.229 e. The van der Waals surface area contributed by atoms with E-state index in [0.29, 0.717) is 51.3 Å². The maximum absolute atomic E-state index is 8.99. The maximum atomic E-state index is 8.99. The van der Waals surface area contributed by atoms with E-state index in [9.17, 15) is 0 Å². The summed E-state index contributed by atoms with van der Waals surface area (Å²) in [5.74, 6) is 1.28. The second-order valence-corrected chi connectivity index (χ2v) is 13.6. The number of rotatable bonds is 9. The molecular formula is C46H41N15. The van der Waals surface area contributed by atoms with E-state index in [-0.39, 0.29) is 7.43 Å². The lowest BCUT2D eigenvalue weighted by Gasteiger charge is -2.15. The van der Waals surface area contributed by atoms with E-state index in [2.05, 4.69) is 69.3 Å². The van der Waals surface area contributed by atoms with Crippen LogP contribution < -0.4 is 21.7 Å². The number of hydrogen-bond acceptors (Lipinski definition) is 13. The molecule has 3 heterocycles. The Labute approximate surface area is 354 Å². The molecule has 7 rings (SSSR count). The highest BCUT2D eigenvalue weighted by atomic mass is 15.4. The summed E-state index contributed by atoms with van der Waals surface area (Å²) >= 11 is 0. The van der Waals surface area contributed by atoms with Crippen LogP contribution in [0.4, 0.5) is 40.5 Å². The number of nitrogen functional groups attached to an aromatic ring is 1. The second kappa shape index (κ2) is 19.5. The fourth-order valence-corrected chi connectivity index (χ4v) is 6.23. The minimum atomic E-state index is 0. The van der Waals surface area contributed by atoms with Gasteiger partial charge in [0.25, 0.3) is 0 Å². The molecule has 7 aromatic rings. The third-order valence-electron chi connectivity index (χ3n) is 8.97. The molecule has 15 nitrogen and oxygen atoms in total. The van der Waals surface area contributed by atoms with Gasteiger partial charge in [0.05, 0.1) is 59.7 Å². The highest BCUT2D eigenvalue weighted by Crippen LogP contribution is 2.30. The van der Waals surface area contributed by atoms with Crippen molar-refractivity contribution in [2.24, 2.45) is 0 Å². The molecule has 0 amide bonds. The van der Waals surface area contributed by atoms with Gasteiger partial charge in [-0.25, -0.2) is 14.8 Å². The first-order valence-electron chi connectivity index (χ1n) is 18.3. The normalized spacial score (nSPS) is 10.6. The number of allylic oxidation sites excluding steroid dienone is 1. The fourth-order valence-electron chi connectivity index (χ4n) is 6.23. The van der Waals surface area contributed by atoms with Gasteiger partial charge in [-0.15, -0.1) is 5.10 Å². The van der Waals surface area contributed by atoms with E-state index in [1.54, 1.807) is 78.6 Å². The Morgan fingerprint density at radius 1 is 0.754 bits per heavy atom. The van der Waals surface area contributed by atoms with Crippen molar-refractivity contribution in [2.45, 2.75) is 42.0 Å². The first-order valence-corrected chi connectivity index (χ1v) is 18.3. The van der Waals surface area contributed by atoms with Gasteiger partial charge >= 0.3 is 0 Å². The number of nitrogens with one attached hydrogen (secondary N) is 3. The molecule has 4 aromatic carbocycles. The molecule has 0 unspecified atom stereocenters. The summed E-state index contributed by atoms with van der Waals surface area (Å²) in [7, 11) is 0. The number of nitriles is 3. The molecule has 61 heavy (non-hydrogen) atoms. The van der Waals surface area contributed by atoms with E-state index in [0.717, 1.165) is 56.1 Å². The van der Waals surface area contributed by atoms with Gasteiger partial charge in [0, 0.05) is 22.6 Å². The van der Waals surface area contributed by atoms with Crippen molar-refractivity contribution < 1.29 is 0 Å². The molecule has 0 bridgehead atoms. The Morgan fingerprint density at radius 2 is 1.30 bits per heavy atom. The number of nitrogens with zero attached hydrogens (tertiary/aromatic N) is 11. The van der Waals surface area contributed by atoms with Gasteiger partial charge in [-0.05, 0) is 135 Å². The van der Waals surface area contributed by atoms with Crippen molar-refractivity contribution in [3.8, 4) is 23.9 Å². The van der Waals surface area contributed by atoms with Crippen molar-refractivity contribution in [1.82, 2.24) is 34.9 Å². The van der Waals surface area contributed by atoms with E-state index in [4.69, 9.17) is 28.1 Å². The van der Waals surface area contributed by atoms with Crippen molar-refractivity contribution >= 4 is 63.8 Å². The van der Waals surface area contributed by atoms with Crippen molar-refractivity contribution in [3.05, 3.63) is 153 Å². The molecule has 0 aliphatic rings. The van der Waals surface area contributed by atoms with Crippen LogP contribution in [0, 0.1) is 68.3 Å². The standard InChI is InChI=1S/C23H21N7.C22H16N8.CH4/c1-14(11-24)8-18-9-15(2)21(16(3)10-18)29-22-20(26)13-27-23(30-22)28-19-6-4-17(12-25)5-7-19;1-14-10-17(8-9-24-3)11-15(2)20(14)30-21-19(28-29-30)13-25-22(27-21)26-18-6-4-16(12-23)5-7-18;/h4-10,13H,26H2,1-3H3,(H2,27,28,29,30);4-11,13H,1-2H3,(H,25,26,27);1H4/b14-8+;9-8+;. The monoisotopic (exact) mass is 803 g/mol. The molecule has 0 saturated heterocycles. The van der Waals surface area contributed by atoms with Gasteiger partial charge in [-0.2, -0.15) is 30.4 Å². The number of nitrogens with two attached hydrogens (primary N) is 1. The molecule has 3 aromatic heterocycles. The number of benzene rings is 4. The Hall–Kier alpha value is -8.92. The zero-order chi connectivity index (χ0) is 42.8. The largest absolute Gasteiger partial charge is 0.394 e. The summed E-state index contributed by atoms with van der Waals surface area (Å²) in [6.07, 6.45) is 8.22. The summed E-state index contributed by atoms with van der Waals surface area (Å²) in [6, 6.07) is 28.4. The lowest BCUT2D eigenvalue weighted by atomic mass is 10.0. The Kier molecular flexibility index (Phi) is 13.8. The molecule has 0 aliphatic carbocycles. The summed E-state index contributed by atoms with van der Waals surface area (Å²) in [4.78, 5) is 20.9. The second-order valence-electron chi connectivity index (χ2n) is 13.6.